The lowest BCUT2D eigenvalue weighted by molar-refractivity contribution is -0.117. The largest absolute Gasteiger partial charge is 0.350 e. The van der Waals surface area contributed by atoms with E-state index in [0.29, 0.717) is 0 Å². The van der Waals surface area contributed by atoms with E-state index in [0.717, 1.165) is 29.4 Å². The molecule has 3 nitrogen and oxygen atoms in total. The third-order valence-corrected chi connectivity index (χ3v) is 3.13. The number of nitrogens with one attached hydrogen (secondary N) is 1. The molecular formula is C13H14N2O. The summed E-state index contributed by atoms with van der Waals surface area (Å²) in [5.41, 5.74) is 2.07. The van der Waals surface area contributed by atoms with Gasteiger partial charge < -0.3 is 9.88 Å². The molecule has 3 rings (SSSR count). The summed E-state index contributed by atoms with van der Waals surface area (Å²) in [6.07, 6.45) is 4.09. The fraction of sp³-hybridized carbons (Fsp3) is 0.308. The number of aryl methyl sites for hydroxylation is 1. The number of amides is 1. The van der Waals surface area contributed by atoms with Gasteiger partial charge in [0.05, 0.1) is 5.69 Å². The van der Waals surface area contributed by atoms with Gasteiger partial charge in [-0.1, -0.05) is 6.07 Å². The van der Waals surface area contributed by atoms with Crippen LogP contribution in [-0.4, -0.2) is 10.5 Å². The molecule has 1 fully saturated rings. The van der Waals surface area contributed by atoms with E-state index >= 15 is 0 Å². The van der Waals surface area contributed by atoms with E-state index < -0.39 is 0 Å². The Hall–Kier alpha value is -1.77. The van der Waals surface area contributed by atoms with Crippen molar-refractivity contribution in [2.45, 2.75) is 12.8 Å². The number of nitrogens with zero attached hydrogens (tertiary/aromatic N) is 1. The lowest BCUT2D eigenvalue weighted by Gasteiger charge is -2.06. The molecule has 2 aromatic rings. The van der Waals surface area contributed by atoms with E-state index in [4.69, 9.17) is 0 Å². The van der Waals surface area contributed by atoms with Gasteiger partial charge in [-0.15, -0.1) is 0 Å². The van der Waals surface area contributed by atoms with Gasteiger partial charge in [0.25, 0.3) is 0 Å². The highest BCUT2D eigenvalue weighted by Crippen LogP contribution is 2.31. The molecule has 1 N–H and O–H groups in total. The second-order valence-electron chi connectivity index (χ2n) is 4.43. The fourth-order valence-electron chi connectivity index (χ4n) is 1.99. The van der Waals surface area contributed by atoms with Gasteiger partial charge in [-0.3, -0.25) is 4.79 Å². The SMILES string of the molecule is Cn1ccc2c(NC(=O)C3CC3)cccc21. The Bertz CT molecular complexity index is 552. The molecule has 1 aliphatic carbocycles. The van der Waals surface area contributed by atoms with Crippen LogP contribution in [0.25, 0.3) is 10.9 Å². The maximum atomic E-state index is 11.7. The van der Waals surface area contributed by atoms with Crippen LogP contribution in [-0.2, 0) is 11.8 Å². The Kier molecular flexibility index (Phi) is 1.99. The molecule has 0 bridgehead atoms. The zero-order valence-electron chi connectivity index (χ0n) is 9.23. The summed E-state index contributed by atoms with van der Waals surface area (Å²) in [6.45, 7) is 0. The Morgan fingerprint density at radius 2 is 2.19 bits per heavy atom. The zero-order chi connectivity index (χ0) is 11.1. The average molecular weight is 214 g/mol. The first kappa shape index (κ1) is 9.46. The van der Waals surface area contributed by atoms with E-state index in [-0.39, 0.29) is 11.8 Å². The first-order chi connectivity index (χ1) is 7.75. The highest BCUT2D eigenvalue weighted by Gasteiger charge is 2.29. The quantitative estimate of drug-likeness (QED) is 0.819. The van der Waals surface area contributed by atoms with Crippen LogP contribution in [0.5, 0.6) is 0 Å². The van der Waals surface area contributed by atoms with Crippen molar-refractivity contribution < 1.29 is 4.79 Å². The standard InChI is InChI=1S/C13H14N2O/c1-15-8-7-10-11(3-2-4-12(10)15)14-13(16)9-5-6-9/h2-4,7-9H,5-6H2,1H3,(H,14,16). The monoisotopic (exact) mass is 214 g/mol. The number of benzene rings is 1. The molecule has 1 saturated carbocycles. The van der Waals surface area contributed by atoms with Gasteiger partial charge in [-0.05, 0) is 31.0 Å². The normalized spacial score (nSPS) is 15.3. The molecule has 1 heterocycles. The van der Waals surface area contributed by atoms with Crippen molar-refractivity contribution in [1.82, 2.24) is 4.57 Å². The van der Waals surface area contributed by atoms with Gasteiger partial charge in [0.2, 0.25) is 5.91 Å². The molecule has 1 amide bonds. The van der Waals surface area contributed by atoms with E-state index in [9.17, 15) is 4.79 Å². The van der Waals surface area contributed by atoms with Crippen LogP contribution in [0.15, 0.2) is 30.5 Å². The van der Waals surface area contributed by atoms with Crippen LogP contribution in [0, 0.1) is 5.92 Å². The van der Waals surface area contributed by atoms with E-state index in [1.807, 2.05) is 31.4 Å². The smallest absolute Gasteiger partial charge is 0.227 e. The summed E-state index contributed by atoms with van der Waals surface area (Å²) in [5, 5.41) is 4.12. The minimum Gasteiger partial charge on any atom is -0.350 e. The third-order valence-electron chi connectivity index (χ3n) is 3.13. The van der Waals surface area contributed by atoms with E-state index in [1.165, 1.54) is 0 Å². The van der Waals surface area contributed by atoms with Crippen molar-refractivity contribution in [2.24, 2.45) is 13.0 Å². The number of hydrogen-bond acceptors (Lipinski definition) is 1. The van der Waals surface area contributed by atoms with Gasteiger partial charge in [0.15, 0.2) is 0 Å². The minimum absolute atomic E-state index is 0.163. The van der Waals surface area contributed by atoms with Gasteiger partial charge in [0.1, 0.15) is 0 Å². The maximum absolute atomic E-state index is 11.7. The number of aromatic nitrogens is 1. The Morgan fingerprint density at radius 3 is 2.94 bits per heavy atom. The predicted octanol–water partition coefficient (Wildman–Crippen LogP) is 2.53. The van der Waals surface area contributed by atoms with Crippen molar-refractivity contribution in [3.05, 3.63) is 30.5 Å². The number of carbonyl (C=O) groups excluding carboxylic acids is 1. The van der Waals surface area contributed by atoms with Gasteiger partial charge in [0, 0.05) is 30.1 Å². The Morgan fingerprint density at radius 1 is 1.38 bits per heavy atom. The Balaban J connectivity index is 1.99. The second-order valence-corrected chi connectivity index (χ2v) is 4.43. The summed E-state index contributed by atoms with van der Waals surface area (Å²) in [7, 11) is 2.01. The highest BCUT2D eigenvalue weighted by molar-refractivity contribution is 6.02. The van der Waals surface area contributed by atoms with Gasteiger partial charge >= 0.3 is 0 Å². The molecule has 0 atom stereocenters. The highest BCUT2D eigenvalue weighted by atomic mass is 16.2. The van der Waals surface area contributed by atoms with E-state index in [2.05, 4.69) is 16.0 Å². The van der Waals surface area contributed by atoms with Crippen LogP contribution in [0.1, 0.15) is 12.8 Å². The lowest BCUT2D eigenvalue weighted by atomic mass is 10.2. The average Bonchev–Trinajstić information content (AvgIpc) is 3.05. The summed E-state index contributed by atoms with van der Waals surface area (Å²) < 4.78 is 2.06. The molecule has 1 aliphatic rings. The number of anilines is 1. The van der Waals surface area contributed by atoms with Crippen LogP contribution in [0.4, 0.5) is 5.69 Å². The zero-order valence-corrected chi connectivity index (χ0v) is 9.23. The Labute approximate surface area is 94.1 Å². The number of hydrogen-bond donors (Lipinski definition) is 1. The molecule has 3 heteroatoms. The molecule has 1 aromatic heterocycles. The van der Waals surface area contributed by atoms with Crippen molar-refractivity contribution in [3.63, 3.8) is 0 Å². The summed E-state index contributed by atoms with van der Waals surface area (Å²) in [6, 6.07) is 8.04. The summed E-state index contributed by atoms with van der Waals surface area (Å²) in [4.78, 5) is 11.7. The first-order valence-corrected chi connectivity index (χ1v) is 5.60. The summed E-state index contributed by atoms with van der Waals surface area (Å²) >= 11 is 0. The molecule has 0 aliphatic heterocycles. The summed E-state index contributed by atoms with van der Waals surface area (Å²) in [5.74, 6) is 0.412. The molecule has 1 aromatic carbocycles. The minimum atomic E-state index is 0.163. The topological polar surface area (TPSA) is 34.0 Å². The number of fused-ring (bicyclic) bond motifs is 1. The first-order valence-electron chi connectivity index (χ1n) is 5.60. The fourth-order valence-corrected chi connectivity index (χ4v) is 1.99. The van der Waals surface area contributed by atoms with E-state index in [1.54, 1.807) is 0 Å². The molecule has 0 spiro atoms. The third kappa shape index (κ3) is 1.48. The molecular weight excluding hydrogens is 200 g/mol. The van der Waals surface area contributed by atoms with Crippen LogP contribution < -0.4 is 5.32 Å². The van der Waals surface area contributed by atoms with Crippen LogP contribution >= 0.6 is 0 Å². The van der Waals surface area contributed by atoms with Crippen molar-refractivity contribution in [3.8, 4) is 0 Å². The van der Waals surface area contributed by atoms with Gasteiger partial charge in [-0.25, -0.2) is 0 Å². The van der Waals surface area contributed by atoms with Crippen molar-refractivity contribution in [2.75, 3.05) is 5.32 Å². The molecule has 82 valence electrons. The maximum Gasteiger partial charge on any atom is 0.227 e. The van der Waals surface area contributed by atoms with Crippen LogP contribution in [0.3, 0.4) is 0 Å². The second kappa shape index (κ2) is 3.37. The predicted molar refractivity (Wildman–Crippen MR) is 64.3 cm³/mol. The van der Waals surface area contributed by atoms with Crippen molar-refractivity contribution >= 4 is 22.5 Å². The molecule has 0 saturated heterocycles. The van der Waals surface area contributed by atoms with Crippen LogP contribution in [0.2, 0.25) is 0 Å². The number of rotatable bonds is 2. The van der Waals surface area contributed by atoms with Gasteiger partial charge in [-0.2, -0.15) is 0 Å². The molecule has 0 unspecified atom stereocenters. The molecule has 0 radical (unpaired) electrons. The number of carbonyl (C=O) groups is 1. The lowest BCUT2D eigenvalue weighted by Crippen LogP contribution is -2.13. The molecule has 16 heavy (non-hydrogen) atoms. The van der Waals surface area contributed by atoms with Crippen molar-refractivity contribution in [1.29, 1.82) is 0 Å².